The highest BCUT2D eigenvalue weighted by atomic mass is 35.5. The van der Waals surface area contributed by atoms with Crippen LogP contribution in [0.25, 0.3) is 11.6 Å². The molecule has 5 nitrogen and oxygen atoms in total. The molecule has 0 bridgehead atoms. The van der Waals surface area contributed by atoms with E-state index in [1.165, 1.54) is 7.11 Å². The van der Waals surface area contributed by atoms with Crippen LogP contribution in [0.4, 0.5) is 5.69 Å². The highest BCUT2D eigenvalue weighted by Crippen LogP contribution is 2.30. The molecule has 0 radical (unpaired) electrons. The summed E-state index contributed by atoms with van der Waals surface area (Å²) in [5.74, 6) is 0.620. The van der Waals surface area contributed by atoms with Gasteiger partial charge in [0, 0.05) is 10.7 Å². The van der Waals surface area contributed by atoms with Gasteiger partial charge in [0.25, 0.3) is 5.91 Å². The minimum Gasteiger partial charge on any atom is -0.493 e. The zero-order valence-electron chi connectivity index (χ0n) is 16.3. The minimum atomic E-state index is -0.276. The molecule has 150 valence electrons. The summed E-state index contributed by atoms with van der Waals surface area (Å²) in [4.78, 5) is 12.1. The van der Waals surface area contributed by atoms with Crippen molar-refractivity contribution in [3.05, 3.63) is 88.9 Å². The van der Waals surface area contributed by atoms with E-state index in [0.29, 0.717) is 27.8 Å². The van der Waals surface area contributed by atoms with Crippen LogP contribution in [-0.2, 0) is 4.79 Å². The van der Waals surface area contributed by atoms with Crippen LogP contribution >= 0.6 is 11.6 Å². The summed E-state index contributed by atoms with van der Waals surface area (Å²) in [5.41, 5.74) is 2.72. The molecule has 0 atom stereocenters. The van der Waals surface area contributed by atoms with Gasteiger partial charge in [-0.3, -0.25) is 4.79 Å². The van der Waals surface area contributed by atoms with Crippen molar-refractivity contribution in [2.75, 3.05) is 19.0 Å². The highest BCUT2D eigenvalue weighted by Gasteiger charge is 2.09. The molecule has 0 aliphatic carbocycles. The Kier molecular flexibility index (Phi) is 7.09. The van der Waals surface area contributed by atoms with Gasteiger partial charge < -0.3 is 14.8 Å². The van der Waals surface area contributed by atoms with Gasteiger partial charge in [0.1, 0.15) is 0 Å². The number of anilines is 1. The average Bonchev–Trinajstić information content (AvgIpc) is 2.77. The van der Waals surface area contributed by atoms with E-state index in [4.69, 9.17) is 21.1 Å². The van der Waals surface area contributed by atoms with Gasteiger partial charge in [0.15, 0.2) is 18.1 Å². The van der Waals surface area contributed by atoms with Crippen molar-refractivity contribution in [3.63, 3.8) is 0 Å². The molecule has 0 aromatic heterocycles. The normalized spacial score (nSPS) is 10.8. The van der Waals surface area contributed by atoms with Gasteiger partial charge >= 0.3 is 0 Å². The van der Waals surface area contributed by atoms with Gasteiger partial charge in [-0.1, -0.05) is 48.0 Å². The Hall–Kier alpha value is -3.75. The van der Waals surface area contributed by atoms with Gasteiger partial charge in [-0.05, 0) is 53.6 Å². The third kappa shape index (κ3) is 5.63. The van der Waals surface area contributed by atoms with Crippen LogP contribution < -0.4 is 14.8 Å². The van der Waals surface area contributed by atoms with Gasteiger partial charge in [0.05, 0.1) is 18.8 Å². The van der Waals surface area contributed by atoms with E-state index < -0.39 is 0 Å². The van der Waals surface area contributed by atoms with Gasteiger partial charge in [0.2, 0.25) is 0 Å². The standard InChI is InChI=1S/C24H19ClN2O3/c1-29-23-14-17(13-19(15-26)18-8-10-20(25)11-9-18)7-12-22(23)30-16-24(28)27-21-5-3-2-4-6-21/h2-14H,16H2,1H3,(H,27,28)/b19-13+. The lowest BCUT2D eigenvalue weighted by atomic mass is 10.0. The lowest BCUT2D eigenvalue weighted by molar-refractivity contribution is -0.118. The first-order valence-corrected chi connectivity index (χ1v) is 9.50. The van der Waals surface area contributed by atoms with Crippen LogP contribution in [0.2, 0.25) is 5.02 Å². The van der Waals surface area contributed by atoms with Crippen LogP contribution in [-0.4, -0.2) is 19.6 Å². The number of carbonyl (C=O) groups is 1. The summed E-state index contributed by atoms with van der Waals surface area (Å²) >= 11 is 5.91. The van der Waals surface area contributed by atoms with E-state index in [1.807, 2.05) is 18.2 Å². The SMILES string of the molecule is COc1cc(/C=C(\C#N)c2ccc(Cl)cc2)ccc1OCC(=O)Nc1ccccc1. The molecule has 6 heteroatoms. The van der Waals surface area contributed by atoms with E-state index in [-0.39, 0.29) is 12.5 Å². The molecule has 0 saturated carbocycles. The molecule has 1 N–H and O–H groups in total. The highest BCUT2D eigenvalue weighted by molar-refractivity contribution is 6.30. The quantitative estimate of drug-likeness (QED) is 0.410. The Bertz CT molecular complexity index is 1090. The van der Waals surface area contributed by atoms with Crippen LogP contribution in [0.3, 0.4) is 0 Å². The van der Waals surface area contributed by atoms with E-state index in [0.717, 1.165) is 11.1 Å². The fourth-order valence-electron chi connectivity index (χ4n) is 2.73. The monoisotopic (exact) mass is 418 g/mol. The zero-order valence-corrected chi connectivity index (χ0v) is 17.0. The second kappa shape index (κ2) is 10.1. The Balaban J connectivity index is 1.72. The van der Waals surface area contributed by atoms with Crippen LogP contribution in [0.15, 0.2) is 72.8 Å². The fourth-order valence-corrected chi connectivity index (χ4v) is 2.86. The van der Waals surface area contributed by atoms with Crippen LogP contribution in [0, 0.1) is 11.3 Å². The number of amides is 1. The number of halogens is 1. The van der Waals surface area contributed by atoms with Gasteiger partial charge in [-0.2, -0.15) is 5.26 Å². The van der Waals surface area contributed by atoms with Crippen molar-refractivity contribution in [1.29, 1.82) is 5.26 Å². The van der Waals surface area contributed by atoms with Crippen molar-refractivity contribution in [2.45, 2.75) is 0 Å². The first-order valence-electron chi connectivity index (χ1n) is 9.12. The fraction of sp³-hybridized carbons (Fsp3) is 0.0833. The number of carbonyl (C=O) groups excluding carboxylic acids is 1. The number of nitrogens with one attached hydrogen (secondary N) is 1. The lowest BCUT2D eigenvalue weighted by Gasteiger charge is -2.12. The lowest BCUT2D eigenvalue weighted by Crippen LogP contribution is -2.20. The maximum absolute atomic E-state index is 12.1. The summed E-state index contributed by atoms with van der Waals surface area (Å²) < 4.78 is 11.0. The summed E-state index contributed by atoms with van der Waals surface area (Å²) in [7, 11) is 1.52. The third-order valence-electron chi connectivity index (χ3n) is 4.19. The molecular weight excluding hydrogens is 400 g/mol. The van der Waals surface area contributed by atoms with E-state index >= 15 is 0 Å². The first kappa shape index (κ1) is 21.0. The molecule has 0 aliphatic rings. The Morgan fingerprint density at radius 1 is 1.07 bits per heavy atom. The van der Waals surface area contributed by atoms with Crippen molar-refractivity contribution in [3.8, 4) is 17.6 Å². The third-order valence-corrected chi connectivity index (χ3v) is 4.44. The molecule has 0 heterocycles. The molecule has 0 fully saturated rings. The maximum Gasteiger partial charge on any atom is 0.262 e. The van der Waals surface area contributed by atoms with E-state index in [2.05, 4.69) is 11.4 Å². The molecule has 0 spiro atoms. The second-order valence-corrected chi connectivity index (χ2v) is 6.73. The molecule has 3 rings (SSSR count). The van der Waals surface area contributed by atoms with Crippen LogP contribution in [0.1, 0.15) is 11.1 Å². The largest absolute Gasteiger partial charge is 0.493 e. The van der Waals surface area contributed by atoms with Crippen molar-refractivity contribution in [1.82, 2.24) is 0 Å². The number of allylic oxidation sites excluding steroid dienone is 1. The summed E-state index contributed by atoms with van der Waals surface area (Å²) in [5, 5.41) is 12.9. The number of hydrogen-bond donors (Lipinski definition) is 1. The number of para-hydroxylation sites is 1. The summed E-state index contributed by atoms with van der Waals surface area (Å²) in [6.45, 7) is -0.158. The molecule has 30 heavy (non-hydrogen) atoms. The van der Waals surface area contributed by atoms with Crippen molar-refractivity contribution in [2.24, 2.45) is 0 Å². The van der Waals surface area contributed by atoms with Crippen molar-refractivity contribution < 1.29 is 14.3 Å². The molecule has 0 aliphatic heterocycles. The molecule has 1 amide bonds. The number of nitrogens with zero attached hydrogens (tertiary/aromatic N) is 1. The predicted molar refractivity (Wildman–Crippen MR) is 118 cm³/mol. The van der Waals surface area contributed by atoms with Crippen LogP contribution in [0.5, 0.6) is 11.5 Å². The summed E-state index contributed by atoms with van der Waals surface area (Å²) in [6, 6.07) is 23.6. The van der Waals surface area contributed by atoms with Gasteiger partial charge in [-0.25, -0.2) is 0 Å². The molecule has 3 aromatic rings. The topological polar surface area (TPSA) is 71.3 Å². The number of benzene rings is 3. The first-order chi connectivity index (χ1) is 14.6. The Morgan fingerprint density at radius 3 is 2.47 bits per heavy atom. The number of methoxy groups -OCH3 is 1. The number of hydrogen-bond acceptors (Lipinski definition) is 4. The van der Waals surface area contributed by atoms with E-state index in [1.54, 1.807) is 60.7 Å². The molecule has 3 aromatic carbocycles. The average molecular weight is 419 g/mol. The number of rotatable bonds is 7. The Labute approximate surface area is 180 Å². The zero-order chi connectivity index (χ0) is 21.3. The van der Waals surface area contributed by atoms with Crippen molar-refractivity contribution >= 4 is 34.8 Å². The van der Waals surface area contributed by atoms with Gasteiger partial charge in [-0.15, -0.1) is 0 Å². The molecular formula is C24H19ClN2O3. The number of ether oxygens (including phenoxy) is 2. The molecule has 0 unspecified atom stereocenters. The number of nitriles is 1. The maximum atomic E-state index is 12.1. The predicted octanol–water partition coefficient (Wildman–Crippen LogP) is 5.43. The van der Waals surface area contributed by atoms with E-state index in [9.17, 15) is 10.1 Å². The second-order valence-electron chi connectivity index (χ2n) is 6.29. The summed E-state index contributed by atoms with van der Waals surface area (Å²) in [6.07, 6.45) is 1.75. The Morgan fingerprint density at radius 2 is 1.80 bits per heavy atom. The smallest absolute Gasteiger partial charge is 0.262 e. The molecule has 0 saturated heterocycles. The minimum absolute atomic E-state index is 0.158.